The molecule has 0 aromatic heterocycles. The standard InChI is InChI=1S/C17H19NO2S/c19-16(14-8-3-1-4-9-14)17(20)18-12-7-13-21-15-10-5-2-6-11-15/h1-6,8-11,16,19H,7,12-13H2,(H,18,20). The fourth-order valence-corrected chi connectivity index (χ4v) is 2.75. The highest BCUT2D eigenvalue weighted by Gasteiger charge is 2.15. The lowest BCUT2D eigenvalue weighted by Crippen LogP contribution is -2.30. The van der Waals surface area contributed by atoms with Crippen LogP contribution in [0.15, 0.2) is 65.6 Å². The maximum Gasteiger partial charge on any atom is 0.253 e. The molecule has 0 heterocycles. The number of aliphatic hydroxyl groups excluding tert-OH is 1. The zero-order chi connectivity index (χ0) is 14.9. The number of carbonyl (C=O) groups excluding carboxylic acids is 1. The SMILES string of the molecule is O=C(NCCCSc1ccccc1)C(O)c1ccccc1. The van der Waals surface area contributed by atoms with Gasteiger partial charge >= 0.3 is 0 Å². The van der Waals surface area contributed by atoms with Gasteiger partial charge in [0, 0.05) is 11.4 Å². The number of nitrogens with one attached hydrogen (secondary N) is 1. The van der Waals surface area contributed by atoms with Gasteiger partial charge in [-0.1, -0.05) is 48.5 Å². The fourth-order valence-electron chi connectivity index (χ4n) is 1.87. The molecule has 2 aromatic carbocycles. The fraction of sp³-hybridized carbons (Fsp3) is 0.235. The summed E-state index contributed by atoms with van der Waals surface area (Å²) in [6.45, 7) is 0.572. The summed E-state index contributed by atoms with van der Waals surface area (Å²) >= 11 is 1.76. The van der Waals surface area contributed by atoms with Crippen molar-refractivity contribution in [3.63, 3.8) is 0 Å². The number of aliphatic hydroxyl groups is 1. The first-order valence-corrected chi connectivity index (χ1v) is 7.94. The number of amides is 1. The van der Waals surface area contributed by atoms with Gasteiger partial charge < -0.3 is 10.4 Å². The predicted molar refractivity (Wildman–Crippen MR) is 86.2 cm³/mol. The van der Waals surface area contributed by atoms with Crippen molar-refractivity contribution in [2.45, 2.75) is 17.4 Å². The summed E-state index contributed by atoms with van der Waals surface area (Å²) in [5.41, 5.74) is 0.619. The zero-order valence-corrected chi connectivity index (χ0v) is 12.6. The quantitative estimate of drug-likeness (QED) is 0.610. The Morgan fingerprint density at radius 1 is 1.05 bits per heavy atom. The molecule has 0 aliphatic heterocycles. The number of benzene rings is 2. The normalized spacial score (nSPS) is 11.9. The summed E-state index contributed by atoms with van der Waals surface area (Å²) in [6, 6.07) is 19.1. The first kappa shape index (κ1) is 15.6. The van der Waals surface area contributed by atoms with E-state index < -0.39 is 6.10 Å². The van der Waals surface area contributed by atoms with Crippen molar-refractivity contribution in [1.29, 1.82) is 0 Å². The van der Waals surface area contributed by atoms with E-state index in [1.54, 1.807) is 23.9 Å². The van der Waals surface area contributed by atoms with E-state index in [0.29, 0.717) is 12.1 Å². The number of hydrogen-bond donors (Lipinski definition) is 2. The Balaban J connectivity index is 1.65. The summed E-state index contributed by atoms with van der Waals surface area (Å²) in [6.07, 6.45) is -0.222. The average Bonchev–Trinajstić information content (AvgIpc) is 2.55. The highest BCUT2D eigenvalue weighted by atomic mass is 32.2. The topological polar surface area (TPSA) is 49.3 Å². The van der Waals surface area contributed by atoms with Crippen LogP contribution in [0.2, 0.25) is 0 Å². The Morgan fingerprint density at radius 3 is 2.33 bits per heavy atom. The summed E-state index contributed by atoms with van der Waals surface area (Å²) in [5.74, 6) is 0.594. The van der Waals surface area contributed by atoms with Crippen LogP contribution in [0.5, 0.6) is 0 Å². The third-order valence-corrected chi connectivity index (χ3v) is 4.09. The highest BCUT2D eigenvalue weighted by molar-refractivity contribution is 7.99. The summed E-state index contributed by atoms with van der Waals surface area (Å²) < 4.78 is 0. The molecule has 0 saturated carbocycles. The first-order valence-electron chi connectivity index (χ1n) is 6.96. The Hall–Kier alpha value is -1.78. The van der Waals surface area contributed by atoms with Crippen LogP contribution in [0.1, 0.15) is 18.1 Å². The van der Waals surface area contributed by atoms with Crippen LogP contribution < -0.4 is 5.32 Å². The molecule has 4 heteroatoms. The second-order valence-electron chi connectivity index (χ2n) is 4.62. The predicted octanol–water partition coefficient (Wildman–Crippen LogP) is 3.02. The van der Waals surface area contributed by atoms with Crippen LogP contribution in [0.25, 0.3) is 0 Å². The third kappa shape index (κ3) is 5.25. The van der Waals surface area contributed by atoms with Crippen molar-refractivity contribution in [3.05, 3.63) is 66.2 Å². The lowest BCUT2D eigenvalue weighted by atomic mass is 10.1. The number of carbonyl (C=O) groups is 1. The van der Waals surface area contributed by atoms with Gasteiger partial charge in [-0.15, -0.1) is 11.8 Å². The van der Waals surface area contributed by atoms with E-state index >= 15 is 0 Å². The molecule has 1 atom stereocenters. The van der Waals surface area contributed by atoms with Crippen LogP contribution in [0.4, 0.5) is 0 Å². The van der Waals surface area contributed by atoms with Crippen molar-refractivity contribution >= 4 is 17.7 Å². The van der Waals surface area contributed by atoms with Gasteiger partial charge in [-0.3, -0.25) is 4.79 Å². The van der Waals surface area contributed by atoms with Crippen molar-refractivity contribution in [2.75, 3.05) is 12.3 Å². The average molecular weight is 301 g/mol. The number of thioether (sulfide) groups is 1. The van der Waals surface area contributed by atoms with E-state index in [9.17, 15) is 9.90 Å². The van der Waals surface area contributed by atoms with Crippen molar-refractivity contribution < 1.29 is 9.90 Å². The first-order chi connectivity index (χ1) is 10.3. The molecule has 2 aromatic rings. The molecule has 0 saturated heterocycles. The highest BCUT2D eigenvalue weighted by Crippen LogP contribution is 2.17. The Bertz CT molecular complexity index is 545. The molecule has 0 aliphatic rings. The summed E-state index contributed by atoms with van der Waals surface area (Å²) in [4.78, 5) is 13.0. The lowest BCUT2D eigenvalue weighted by Gasteiger charge is -2.11. The molecule has 0 spiro atoms. The molecular weight excluding hydrogens is 282 g/mol. The molecule has 2 rings (SSSR count). The van der Waals surface area contributed by atoms with Crippen LogP contribution in [-0.4, -0.2) is 23.3 Å². The molecule has 0 bridgehead atoms. The Morgan fingerprint density at radius 2 is 1.67 bits per heavy atom. The molecule has 0 radical (unpaired) electrons. The molecule has 0 fully saturated rings. The van der Waals surface area contributed by atoms with E-state index in [0.717, 1.165) is 12.2 Å². The van der Waals surface area contributed by atoms with Gasteiger partial charge in [-0.25, -0.2) is 0 Å². The maximum absolute atomic E-state index is 11.8. The summed E-state index contributed by atoms with van der Waals surface area (Å²) in [7, 11) is 0. The van der Waals surface area contributed by atoms with Gasteiger partial charge in [0.05, 0.1) is 0 Å². The Labute approximate surface area is 129 Å². The van der Waals surface area contributed by atoms with Crippen molar-refractivity contribution in [3.8, 4) is 0 Å². The minimum atomic E-state index is -1.09. The molecular formula is C17H19NO2S. The van der Waals surface area contributed by atoms with Crippen LogP contribution in [0.3, 0.4) is 0 Å². The molecule has 2 N–H and O–H groups in total. The van der Waals surface area contributed by atoms with Gasteiger partial charge in [-0.05, 0) is 29.9 Å². The van der Waals surface area contributed by atoms with Crippen molar-refractivity contribution in [1.82, 2.24) is 5.32 Å². The van der Waals surface area contributed by atoms with Crippen LogP contribution in [0, 0.1) is 0 Å². The Kier molecular flexibility index (Phi) is 6.31. The largest absolute Gasteiger partial charge is 0.378 e. The lowest BCUT2D eigenvalue weighted by molar-refractivity contribution is -0.129. The number of hydrogen-bond acceptors (Lipinski definition) is 3. The molecule has 3 nitrogen and oxygen atoms in total. The van der Waals surface area contributed by atoms with Gasteiger partial charge in [0.25, 0.3) is 5.91 Å². The molecule has 21 heavy (non-hydrogen) atoms. The van der Waals surface area contributed by atoms with E-state index in [1.807, 2.05) is 36.4 Å². The third-order valence-electron chi connectivity index (χ3n) is 3.00. The smallest absolute Gasteiger partial charge is 0.253 e. The second kappa shape index (κ2) is 8.49. The molecule has 110 valence electrons. The monoisotopic (exact) mass is 301 g/mol. The minimum absolute atomic E-state index is 0.342. The van der Waals surface area contributed by atoms with E-state index in [1.165, 1.54) is 4.90 Å². The maximum atomic E-state index is 11.8. The van der Waals surface area contributed by atoms with Gasteiger partial charge in [-0.2, -0.15) is 0 Å². The number of rotatable bonds is 7. The molecule has 1 amide bonds. The van der Waals surface area contributed by atoms with E-state index in [4.69, 9.17) is 0 Å². The van der Waals surface area contributed by atoms with Crippen LogP contribution >= 0.6 is 11.8 Å². The second-order valence-corrected chi connectivity index (χ2v) is 5.79. The molecule has 0 aliphatic carbocycles. The van der Waals surface area contributed by atoms with E-state index in [2.05, 4.69) is 17.4 Å². The molecule has 1 unspecified atom stereocenters. The minimum Gasteiger partial charge on any atom is -0.378 e. The van der Waals surface area contributed by atoms with Crippen LogP contribution in [-0.2, 0) is 4.79 Å². The zero-order valence-electron chi connectivity index (χ0n) is 11.7. The van der Waals surface area contributed by atoms with Gasteiger partial charge in [0.15, 0.2) is 6.10 Å². The summed E-state index contributed by atoms with van der Waals surface area (Å²) in [5, 5.41) is 12.7. The van der Waals surface area contributed by atoms with Crippen molar-refractivity contribution in [2.24, 2.45) is 0 Å². The van der Waals surface area contributed by atoms with E-state index in [-0.39, 0.29) is 5.91 Å². The van der Waals surface area contributed by atoms with Gasteiger partial charge in [0.2, 0.25) is 0 Å². The van der Waals surface area contributed by atoms with Gasteiger partial charge in [0.1, 0.15) is 0 Å².